The summed E-state index contributed by atoms with van der Waals surface area (Å²) in [5.74, 6) is 1.26. The molecule has 0 bridgehead atoms. The minimum absolute atomic E-state index is 0.0836. The van der Waals surface area contributed by atoms with Crippen LogP contribution in [0.15, 0.2) is 29.6 Å². The van der Waals surface area contributed by atoms with Gasteiger partial charge in [-0.1, -0.05) is 17.3 Å². The lowest BCUT2D eigenvalue weighted by Gasteiger charge is -2.28. The highest BCUT2D eigenvalue weighted by atomic mass is 16.6. The number of oxime groups is 1. The van der Waals surface area contributed by atoms with Crippen molar-refractivity contribution in [2.45, 2.75) is 6.92 Å². The molecule has 1 aliphatic rings. The van der Waals surface area contributed by atoms with Crippen molar-refractivity contribution in [2.75, 3.05) is 38.3 Å². The third-order valence-corrected chi connectivity index (χ3v) is 4.43. The molecule has 1 fully saturated rings. The maximum Gasteiger partial charge on any atom is 0.170 e. The standard InChI is InChI=1S/C20H19N5O3/c1-13(24-27-2)15-11-17-18(21-12-15)20(25-6-8-28-9-7-25)23-19(22-17)14-4-3-5-16(26)10-14/h5,10-12,26H,6-9H2,1-2H3/b24-13+. The van der Waals surface area contributed by atoms with E-state index in [4.69, 9.17) is 14.6 Å². The molecule has 2 aromatic heterocycles. The fourth-order valence-electron chi connectivity index (χ4n) is 3.04. The van der Waals surface area contributed by atoms with Gasteiger partial charge in [-0.3, -0.25) is 0 Å². The summed E-state index contributed by atoms with van der Waals surface area (Å²) >= 11 is 0. The van der Waals surface area contributed by atoms with Gasteiger partial charge in [0.1, 0.15) is 18.4 Å². The lowest BCUT2D eigenvalue weighted by Crippen LogP contribution is -2.37. The highest BCUT2D eigenvalue weighted by molar-refractivity contribution is 6.01. The zero-order valence-corrected chi connectivity index (χ0v) is 15.6. The van der Waals surface area contributed by atoms with Crippen molar-refractivity contribution in [2.24, 2.45) is 5.16 Å². The summed E-state index contributed by atoms with van der Waals surface area (Å²) < 4.78 is 5.46. The summed E-state index contributed by atoms with van der Waals surface area (Å²) in [5, 5.41) is 13.8. The van der Waals surface area contributed by atoms with Crippen LogP contribution in [0.1, 0.15) is 12.5 Å². The number of fused-ring (bicyclic) bond motifs is 1. The van der Waals surface area contributed by atoms with Crippen LogP contribution in [0.4, 0.5) is 5.82 Å². The van der Waals surface area contributed by atoms with Gasteiger partial charge in [-0.2, -0.15) is 0 Å². The zero-order chi connectivity index (χ0) is 19.5. The molecule has 142 valence electrons. The van der Waals surface area contributed by atoms with Crippen molar-refractivity contribution in [1.82, 2.24) is 15.0 Å². The van der Waals surface area contributed by atoms with E-state index in [0.717, 1.165) is 24.5 Å². The molecule has 0 unspecified atom stereocenters. The Kier molecular flexibility index (Phi) is 4.91. The van der Waals surface area contributed by atoms with Gasteiger partial charge in [0.05, 0.1) is 30.0 Å². The van der Waals surface area contributed by atoms with Crippen molar-refractivity contribution < 1.29 is 14.7 Å². The first-order valence-corrected chi connectivity index (χ1v) is 8.87. The zero-order valence-electron chi connectivity index (χ0n) is 15.6. The Hall–Kier alpha value is -3.44. The van der Waals surface area contributed by atoms with E-state index in [1.54, 1.807) is 12.3 Å². The van der Waals surface area contributed by atoms with Crippen LogP contribution < -0.4 is 4.90 Å². The number of aromatic hydroxyl groups is 1. The average Bonchev–Trinajstić information content (AvgIpc) is 2.73. The van der Waals surface area contributed by atoms with E-state index in [1.165, 1.54) is 13.2 Å². The van der Waals surface area contributed by atoms with E-state index < -0.39 is 0 Å². The summed E-state index contributed by atoms with van der Waals surface area (Å²) in [6.07, 6.45) is 1.74. The number of nitrogens with zero attached hydrogens (tertiary/aromatic N) is 5. The van der Waals surface area contributed by atoms with Crippen LogP contribution in [0.2, 0.25) is 0 Å². The second-order valence-corrected chi connectivity index (χ2v) is 6.32. The van der Waals surface area contributed by atoms with E-state index in [2.05, 4.69) is 32.2 Å². The minimum Gasteiger partial charge on any atom is -0.507 e. The van der Waals surface area contributed by atoms with Gasteiger partial charge in [0.25, 0.3) is 0 Å². The molecule has 1 saturated heterocycles. The van der Waals surface area contributed by atoms with Crippen LogP contribution in [-0.4, -0.2) is 59.2 Å². The number of ether oxygens (including phenoxy) is 1. The van der Waals surface area contributed by atoms with Gasteiger partial charge in [-0.05, 0) is 13.0 Å². The van der Waals surface area contributed by atoms with Crippen molar-refractivity contribution >= 4 is 22.6 Å². The molecule has 3 aromatic rings. The first-order chi connectivity index (χ1) is 13.7. The Balaban J connectivity index is 1.90. The smallest absolute Gasteiger partial charge is 0.170 e. The average molecular weight is 377 g/mol. The van der Waals surface area contributed by atoms with Crippen molar-refractivity contribution in [3.05, 3.63) is 42.1 Å². The molecule has 0 aliphatic carbocycles. The monoisotopic (exact) mass is 377 g/mol. The van der Waals surface area contributed by atoms with Crippen LogP contribution in [0.5, 0.6) is 5.75 Å². The molecule has 0 atom stereocenters. The molecule has 1 aliphatic heterocycles. The molecule has 0 radical (unpaired) electrons. The summed E-state index contributed by atoms with van der Waals surface area (Å²) in [5.41, 5.74) is 3.43. The predicted octanol–water partition coefficient (Wildman–Crippen LogP) is 2.20. The SMILES string of the molecule is CO/N=C(\C)c1cnc2c(N3CCOCC3)nc(-c3c#ccc(O)c3)nc2c1. The van der Waals surface area contributed by atoms with E-state index in [0.29, 0.717) is 41.3 Å². The van der Waals surface area contributed by atoms with Gasteiger partial charge in [0.2, 0.25) is 0 Å². The second-order valence-electron chi connectivity index (χ2n) is 6.32. The highest BCUT2D eigenvalue weighted by Crippen LogP contribution is 2.28. The number of anilines is 1. The maximum absolute atomic E-state index is 9.81. The molecule has 4 rings (SSSR count). The molecule has 28 heavy (non-hydrogen) atoms. The normalized spacial score (nSPS) is 14.8. The quantitative estimate of drug-likeness (QED) is 0.550. The lowest BCUT2D eigenvalue weighted by molar-refractivity contribution is 0.122. The van der Waals surface area contributed by atoms with Crippen molar-refractivity contribution in [1.29, 1.82) is 0 Å². The van der Waals surface area contributed by atoms with Crippen LogP contribution in [0.3, 0.4) is 0 Å². The van der Waals surface area contributed by atoms with Gasteiger partial charge >= 0.3 is 0 Å². The summed E-state index contributed by atoms with van der Waals surface area (Å²) in [6.45, 7) is 4.54. The van der Waals surface area contributed by atoms with E-state index in [1.807, 2.05) is 13.0 Å². The van der Waals surface area contributed by atoms with Crippen molar-refractivity contribution in [3.63, 3.8) is 0 Å². The summed E-state index contributed by atoms with van der Waals surface area (Å²) in [7, 11) is 1.50. The molecule has 1 aromatic carbocycles. The van der Waals surface area contributed by atoms with E-state index in [9.17, 15) is 5.11 Å². The highest BCUT2D eigenvalue weighted by Gasteiger charge is 2.19. The number of hydrogen-bond acceptors (Lipinski definition) is 8. The summed E-state index contributed by atoms with van der Waals surface area (Å²) in [6, 6.07) is 10.7. The topological polar surface area (TPSA) is 93.0 Å². The fraction of sp³-hybridized carbons (Fsp3) is 0.300. The van der Waals surface area contributed by atoms with Gasteiger partial charge in [0, 0.05) is 37.0 Å². The van der Waals surface area contributed by atoms with Gasteiger partial charge in [-0.15, -0.1) is 0 Å². The molecule has 3 heterocycles. The molecule has 1 N–H and O–H groups in total. The predicted molar refractivity (Wildman–Crippen MR) is 104 cm³/mol. The van der Waals surface area contributed by atoms with Crippen LogP contribution in [0.25, 0.3) is 22.4 Å². The number of hydrogen-bond donors (Lipinski definition) is 1. The van der Waals surface area contributed by atoms with Crippen LogP contribution >= 0.6 is 0 Å². The lowest BCUT2D eigenvalue weighted by atomic mass is 10.1. The molecular formula is C20H19N5O3. The summed E-state index contributed by atoms with van der Waals surface area (Å²) in [4.78, 5) is 21.0. The van der Waals surface area contributed by atoms with Gasteiger partial charge in [-0.25, -0.2) is 15.0 Å². The van der Waals surface area contributed by atoms with E-state index in [-0.39, 0.29) is 5.75 Å². The Labute approximate surface area is 162 Å². The molecule has 8 nitrogen and oxygen atoms in total. The molecule has 0 amide bonds. The molecule has 0 spiro atoms. The first kappa shape index (κ1) is 17.9. The fourth-order valence-corrected chi connectivity index (χ4v) is 3.04. The van der Waals surface area contributed by atoms with Crippen molar-refractivity contribution in [3.8, 4) is 17.1 Å². The number of rotatable bonds is 4. The Morgan fingerprint density at radius 3 is 2.86 bits per heavy atom. The number of pyridine rings is 1. The third kappa shape index (κ3) is 3.52. The Morgan fingerprint density at radius 1 is 1.29 bits per heavy atom. The minimum atomic E-state index is 0.0836. The number of aromatic nitrogens is 3. The number of morpholine rings is 1. The van der Waals surface area contributed by atoms with Crippen LogP contribution in [0, 0.1) is 12.1 Å². The Morgan fingerprint density at radius 2 is 2.11 bits per heavy atom. The van der Waals surface area contributed by atoms with Gasteiger partial charge < -0.3 is 19.6 Å². The molecule has 8 heteroatoms. The Bertz CT molecular complexity index is 1030. The first-order valence-electron chi connectivity index (χ1n) is 8.87. The van der Waals surface area contributed by atoms with Crippen LogP contribution in [-0.2, 0) is 9.57 Å². The molecular weight excluding hydrogens is 358 g/mol. The molecule has 0 saturated carbocycles. The third-order valence-electron chi connectivity index (χ3n) is 4.43. The maximum atomic E-state index is 9.81. The largest absolute Gasteiger partial charge is 0.507 e. The van der Waals surface area contributed by atoms with E-state index >= 15 is 0 Å². The second kappa shape index (κ2) is 7.66. The van der Waals surface area contributed by atoms with Gasteiger partial charge in [0.15, 0.2) is 11.6 Å².